The van der Waals surface area contributed by atoms with Gasteiger partial charge in [-0.25, -0.2) is 9.78 Å². The van der Waals surface area contributed by atoms with E-state index in [0.717, 1.165) is 23.1 Å². The Bertz CT molecular complexity index is 1010. The number of piperidine rings is 1. The van der Waals surface area contributed by atoms with E-state index in [-0.39, 0.29) is 17.5 Å². The number of nitrogens with two attached hydrogens (primary N) is 1. The van der Waals surface area contributed by atoms with E-state index in [0.29, 0.717) is 30.3 Å². The number of fused-ring (bicyclic) bond motifs is 1. The first-order chi connectivity index (χ1) is 13.0. The summed E-state index contributed by atoms with van der Waals surface area (Å²) < 4.78 is 2.49. The summed E-state index contributed by atoms with van der Waals surface area (Å²) in [5.41, 5.74) is 7.00. The van der Waals surface area contributed by atoms with Gasteiger partial charge < -0.3 is 15.7 Å². The number of hydrogen-bond acceptors (Lipinski definition) is 7. The van der Waals surface area contributed by atoms with Crippen LogP contribution in [0.4, 0.5) is 5.13 Å². The molecule has 9 nitrogen and oxygen atoms in total. The minimum Gasteiger partial charge on any atom is -0.476 e. The quantitative estimate of drug-likeness (QED) is 0.699. The fraction of sp³-hybridized carbons (Fsp3) is 0.353. The second-order valence-corrected chi connectivity index (χ2v) is 7.69. The van der Waals surface area contributed by atoms with Crippen LogP contribution in [0.2, 0.25) is 0 Å². The predicted molar refractivity (Wildman–Crippen MR) is 99.6 cm³/mol. The van der Waals surface area contributed by atoms with Gasteiger partial charge >= 0.3 is 5.97 Å². The number of benzene rings is 1. The molecule has 1 amide bonds. The van der Waals surface area contributed by atoms with Crippen molar-refractivity contribution in [1.29, 1.82) is 0 Å². The molecule has 1 aliphatic heterocycles. The Kier molecular flexibility index (Phi) is 4.48. The van der Waals surface area contributed by atoms with Gasteiger partial charge in [-0.15, -0.1) is 5.10 Å². The van der Waals surface area contributed by atoms with E-state index in [4.69, 9.17) is 10.8 Å². The summed E-state index contributed by atoms with van der Waals surface area (Å²) >= 11 is 1.40. The predicted octanol–water partition coefficient (Wildman–Crippen LogP) is 1.72. The molecule has 3 heterocycles. The third kappa shape index (κ3) is 3.61. The van der Waals surface area contributed by atoms with E-state index in [1.54, 1.807) is 6.07 Å². The zero-order valence-electron chi connectivity index (χ0n) is 14.4. The van der Waals surface area contributed by atoms with E-state index < -0.39 is 5.97 Å². The number of thiazole rings is 1. The highest BCUT2D eigenvalue weighted by Gasteiger charge is 2.25. The van der Waals surface area contributed by atoms with Gasteiger partial charge in [0.05, 0.1) is 16.4 Å². The lowest BCUT2D eigenvalue weighted by atomic mass is 9.97. The van der Waals surface area contributed by atoms with Crippen LogP contribution in [0.1, 0.15) is 33.7 Å². The van der Waals surface area contributed by atoms with E-state index in [1.807, 2.05) is 17.0 Å². The second-order valence-electron chi connectivity index (χ2n) is 6.63. The molecule has 4 rings (SSSR count). The molecule has 0 radical (unpaired) electrons. The first-order valence-electron chi connectivity index (χ1n) is 8.58. The number of carbonyl (C=O) groups excluding carboxylic acids is 1. The molecule has 0 saturated carbocycles. The lowest BCUT2D eigenvalue weighted by molar-refractivity contribution is 0.0658. The maximum absolute atomic E-state index is 12.9. The summed E-state index contributed by atoms with van der Waals surface area (Å²) in [5.74, 6) is -0.928. The molecule has 1 saturated heterocycles. The Hall–Kier alpha value is -3.01. The third-order valence-electron chi connectivity index (χ3n) is 4.66. The largest absolute Gasteiger partial charge is 0.476 e. The highest BCUT2D eigenvalue weighted by Crippen LogP contribution is 2.26. The molecule has 3 aromatic rings. The number of nitrogens with zero attached hydrogens (tertiary/aromatic N) is 5. The Labute approximate surface area is 158 Å². The fourth-order valence-electron chi connectivity index (χ4n) is 3.41. The van der Waals surface area contributed by atoms with Crippen molar-refractivity contribution in [2.24, 2.45) is 5.92 Å². The van der Waals surface area contributed by atoms with Crippen LogP contribution in [0.3, 0.4) is 0 Å². The number of nitrogen functional groups attached to an aromatic ring is 1. The van der Waals surface area contributed by atoms with Gasteiger partial charge in [0.25, 0.3) is 5.91 Å². The average Bonchev–Trinajstić information content (AvgIpc) is 3.26. The van der Waals surface area contributed by atoms with Crippen molar-refractivity contribution in [2.45, 2.75) is 19.4 Å². The monoisotopic (exact) mass is 386 g/mol. The van der Waals surface area contributed by atoms with Gasteiger partial charge in [-0.1, -0.05) is 16.6 Å². The van der Waals surface area contributed by atoms with Crippen molar-refractivity contribution in [1.82, 2.24) is 24.9 Å². The Morgan fingerprint density at radius 3 is 3.00 bits per heavy atom. The smallest absolute Gasteiger partial charge is 0.358 e. The molecule has 0 spiro atoms. The molecule has 0 aliphatic carbocycles. The van der Waals surface area contributed by atoms with Gasteiger partial charge in [0.15, 0.2) is 10.8 Å². The Morgan fingerprint density at radius 1 is 1.37 bits per heavy atom. The maximum atomic E-state index is 12.9. The molecule has 27 heavy (non-hydrogen) atoms. The lowest BCUT2D eigenvalue weighted by Gasteiger charge is -2.32. The highest BCUT2D eigenvalue weighted by atomic mass is 32.1. The maximum Gasteiger partial charge on any atom is 0.358 e. The molecule has 10 heteroatoms. The van der Waals surface area contributed by atoms with Gasteiger partial charge in [-0.05, 0) is 37.0 Å². The van der Waals surface area contributed by atoms with Gasteiger partial charge in [0.1, 0.15) is 0 Å². The summed E-state index contributed by atoms with van der Waals surface area (Å²) in [5, 5.41) is 16.9. The van der Waals surface area contributed by atoms with Crippen molar-refractivity contribution in [2.75, 3.05) is 18.8 Å². The summed E-state index contributed by atoms with van der Waals surface area (Å²) in [4.78, 5) is 29.9. The van der Waals surface area contributed by atoms with Crippen LogP contribution >= 0.6 is 11.3 Å². The zero-order chi connectivity index (χ0) is 19.0. The van der Waals surface area contributed by atoms with Gasteiger partial charge in [0.2, 0.25) is 0 Å². The molecule has 1 aromatic carbocycles. The topological polar surface area (TPSA) is 127 Å². The molecule has 0 bridgehead atoms. The van der Waals surface area contributed by atoms with E-state index >= 15 is 0 Å². The minimum atomic E-state index is -1.10. The van der Waals surface area contributed by atoms with E-state index in [2.05, 4.69) is 15.3 Å². The Morgan fingerprint density at radius 2 is 2.22 bits per heavy atom. The first-order valence-corrected chi connectivity index (χ1v) is 9.40. The van der Waals surface area contributed by atoms with E-state index in [9.17, 15) is 9.59 Å². The normalized spacial score (nSPS) is 17.3. The van der Waals surface area contributed by atoms with Crippen LogP contribution in [-0.2, 0) is 6.54 Å². The van der Waals surface area contributed by atoms with Crippen molar-refractivity contribution < 1.29 is 14.7 Å². The number of hydrogen-bond donors (Lipinski definition) is 2. The second kappa shape index (κ2) is 6.95. The number of likely N-dealkylation sites (tertiary alicyclic amines) is 1. The molecule has 1 fully saturated rings. The summed E-state index contributed by atoms with van der Waals surface area (Å²) in [6, 6.07) is 5.47. The molecule has 140 valence electrons. The average molecular weight is 386 g/mol. The molecule has 1 aliphatic rings. The first kappa shape index (κ1) is 17.4. The van der Waals surface area contributed by atoms with Gasteiger partial charge in [-0.2, -0.15) is 0 Å². The number of carbonyl (C=O) groups is 2. The molecule has 3 N–H and O–H groups in total. The van der Waals surface area contributed by atoms with Crippen LogP contribution in [0.25, 0.3) is 10.2 Å². The number of aromatic carboxylic acids is 1. The Balaban J connectivity index is 1.46. The number of carboxylic acid groups (broad SMARTS) is 1. The van der Waals surface area contributed by atoms with Gasteiger partial charge in [0, 0.05) is 25.2 Å². The molecular formula is C17H18N6O3S. The van der Waals surface area contributed by atoms with Crippen molar-refractivity contribution >= 4 is 38.6 Å². The summed E-state index contributed by atoms with van der Waals surface area (Å²) in [6.45, 7) is 1.83. The van der Waals surface area contributed by atoms with Crippen molar-refractivity contribution in [3.8, 4) is 0 Å². The third-order valence-corrected chi connectivity index (χ3v) is 5.53. The number of amides is 1. The number of rotatable bonds is 4. The van der Waals surface area contributed by atoms with E-state index in [1.165, 1.54) is 22.2 Å². The molecule has 0 unspecified atom stereocenters. The van der Waals surface area contributed by atoms with Crippen molar-refractivity contribution in [3.05, 3.63) is 35.7 Å². The van der Waals surface area contributed by atoms with Gasteiger partial charge in [-0.3, -0.25) is 9.48 Å². The molecule has 2 aromatic heterocycles. The van der Waals surface area contributed by atoms with Crippen molar-refractivity contribution in [3.63, 3.8) is 0 Å². The van der Waals surface area contributed by atoms with Crippen LogP contribution in [0.15, 0.2) is 24.4 Å². The number of anilines is 1. The molecule has 1 atom stereocenters. The summed E-state index contributed by atoms with van der Waals surface area (Å²) in [7, 11) is 0. The number of aromatic nitrogens is 4. The fourth-order valence-corrected chi connectivity index (χ4v) is 4.12. The standard InChI is InChI=1S/C17H18N6O3S/c18-17-19-12-6-11(3-4-14(12)27-17)15(24)22-5-1-2-10(7-22)8-23-9-13(16(25)26)20-21-23/h3-4,6,9-10H,1-2,5,7-8H2,(H2,18,19)(H,25,26)/t10-/m0/s1. The summed E-state index contributed by atoms with van der Waals surface area (Å²) in [6.07, 6.45) is 3.26. The lowest BCUT2D eigenvalue weighted by Crippen LogP contribution is -2.41. The highest BCUT2D eigenvalue weighted by molar-refractivity contribution is 7.22. The number of carboxylic acids is 1. The van der Waals surface area contributed by atoms with Crippen LogP contribution in [0, 0.1) is 5.92 Å². The zero-order valence-corrected chi connectivity index (χ0v) is 15.2. The SMILES string of the molecule is Nc1nc2cc(C(=O)N3CCC[C@H](Cn4cc(C(=O)O)nn4)C3)ccc2s1. The van der Waals surface area contributed by atoms with Crippen LogP contribution in [-0.4, -0.2) is 55.0 Å². The van der Waals surface area contributed by atoms with Crippen LogP contribution in [0.5, 0.6) is 0 Å². The minimum absolute atomic E-state index is 0.0296. The van der Waals surface area contributed by atoms with Crippen LogP contribution < -0.4 is 5.73 Å². The molecular weight excluding hydrogens is 368 g/mol.